The highest BCUT2D eigenvalue weighted by molar-refractivity contribution is 7.86. The molecule has 1 amide bonds. The van der Waals surface area contributed by atoms with Crippen LogP contribution >= 0.6 is 0 Å². The number of hydrogen-bond donors (Lipinski definition) is 1. The van der Waals surface area contributed by atoms with E-state index < -0.39 is 44.4 Å². The van der Waals surface area contributed by atoms with E-state index in [1.54, 1.807) is 0 Å². The molecule has 0 aliphatic carbocycles. The van der Waals surface area contributed by atoms with Gasteiger partial charge in [0.05, 0.1) is 16.2 Å². The van der Waals surface area contributed by atoms with E-state index in [0.29, 0.717) is 0 Å². The maximum Gasteiger partial charge on any atom is 0.335 e. The maximum atomic E-state index is 12.7. The Morgan fingerprint density at radius 3 is 2.65 bits per heavy atom. The first-order valence-electron chi connectivity index (χ1n) is 6.33. The van der Waals surface area contributed by atoms with Crippen molar-refractivity contribution in [3.05, 3.63) is 33.9 Å². The van der Waals surface area contributed by atoms with Crippen LogP contribution in [0.3, 0.4) is 0 Å². The largest absolute Gasteiger partial charge is 0.478 e. The van der Waals surface area contributed by atoms with Gasteiger partial charge < -0.3 is 10.0 Å². The second-order valence-corrected chi connectivity index (χ2v) is 6.46. The highest BCUT2D eigenvalue weighted by Crippen LogP contribution is 2.34. The van der Waals surface area contributed by atoms with Crippen molar-refractivity contribution in [2.24, 2.45) is 5.92 Å². The molecule has 0 aromatic heterocycles. The van der Waals surface area contributed by atoms with Gasteiger partial charge in [-0.3, -0.25) is 14.9 Å². The molecule has 1 saturated heterocycles. The van der Waals surface area contributed by atoms with Crippen molar-refractivity contribution in [3.63, 3.8) is 0 Å². The third-order valence-electron chi connectivity index (χ3n) is 3.35. The maximum absolute atomic E-state index is 12.7. The van der Waals surface area contributed by atoms with Crippen LogP contribution in [0.4, 0.5) is 15.3 Å². The minimum Gasteiger partial charge on any atom is -0.478 e. The van der Waals surface area contributed by atoms with E-state index in [4.69, 9.17) is 5.11 Å². The number of nitrogens with zero attached hydrogens (tertiary/aromatic N) is 2. The summed E-state index contributed by atoms with van der Waals surface area (Å²) in [6, 6.07) is 3.01. The fourth-order valence-electron chi connectivity index (χ4n) is 2.44. The fraction of sp³-hybridized carbons (Fsp3) is 0.333. The second-order valence-electron chi connectivity index (χ2n) is 5.05. The molecule has 124 valence electrons. The number of carboxylic acids is 1. The van der Waals surface area contributed by atoms with Crippen molar-refractivity contribution in [1.29, 1.82) is 0 Å². The lowest BCUT2D eigenvalue weighted by atomic mass is 10.1. The molecule has 1 fully saturated rings. The van der Waals surface area contributed by atoms with Gasteiger partial charge in [-0.25, -0.2) is 4.79 Å². The van der Waals surface area contributed by atoms with Crippen molar-refractivity contribution >= 4 is 33.5 Å². The summed E-state index contributed by atoms with van der Waals surface area (Å²) in [7, 11) is -4.77. The summed E-state index contributed by atoms with van der Waals surface area (Å²) in [5.74, 6) is -3.63. The predicted molar refractivity (Wildman–Crippen MR) is 75.4 cm³/mol. The quantitative estimate of drug-likeness (QED) is 0.476. The SMILES string of the molecule is O=C(O)c1ccc(N2CC(CS(=O)(=O)F)CC2=O)c([N+](=O)[O-])c1. The molecule has 1 aliphatic heterocycles. The zero-order chi connectivity index (χ0) is 17.4. The molecule has 0 bridgehead atoms. The Hall–Kier alpha value is -2.56. The first-order valence-corrected chi connectivity index (χ1v) is 7.88. The Balaban J connectivity index is 2.36. The molecule has 1 aromatic carbocycles. The van der Waals surface area contributed by atoms with Gasteiger partial charge in [-0.05, 0) is 12.1 Å². The average molecular weight is 346 g/mol. The van der Waals surface area contributed by atoms with Crippen LogP contribution in [0.25, 0.3) is 0 Å². The average Bonchev–Trinajstić information content (AvgIpc) is 2.76. The third kappa shape index (κ3) is 3.80. The fourth-order valence-corrected chi connectivity index (χ4v) is 3.22. The summed E-state index contributed by atoms with van der Waals surface area (Å²) < 4.78 is 34.0. The van der Waals surface area contributed by atoms with Crippen molar-refractivity contribution in [2.75, 3.05) is 17.2 Å². The molecule has 1 atom stereocenters. The number of anilines is 1. The van der Waals surface area contributed by atoms with Crippen LogP contribution in [-0.2, 0) is 15.0 Å². The zero-order valence-electron chi connectivity index (χ0n) is 11.5. The molecule has 1 aromatic rings. The van der Waals surface area contributed by atoms with Gasteiger partial charge in [0.1, 0.15) is 5.69 Å². The van der Waals surface area contributed by atoms with Crippen LogP contribution in [0.1, 0.15) is 16.8 Å². The standard InChI is InChI=1S/C12H11FN2O7S/c13-23(21,22)6-7-3-11(16)14(5-7)9-2-1-8(12(17)18)4-10(9)15(19)20/h1-2,4,7H,3,5-6H2,(H,17,18). The van der Waals surface area contributed by atoms with E-state index in [1.807, 2.05) is 0 Å². The van der Waals surface area contributed by atoms with Crippen molar-refractivity contribution in [2.45, 2.75) is 6.42 Å². The molecule has 9 nitrogen and oxygen atoms in total. The molecule has 23 heavy (non-hydrogen) atoms. The number of carbonyl (C=O) groups excluding carboxylic acids is 1. The number of carbonyl (C=O) groups is 2. The molecule has 0 spiro atoms. The monoisotopic (exact) mass is 346 g/mol. The van der Waals surface area contributed by atoms with Crippen molar-refractivity contribution in [3.8, 4) is 0 Å². The Kier molecular flexibility index (Phi) is 4.32. The number of hydrogen-bond acceptors (Lipinski definition) is 6. The molecule has 1 unspecified atom stereocenters. The topological polar surface area (TPSA) is 135 Å². The highest BCUT2D eigenvalue weighted by atomic mass is 32.3. The van der Waals surface area contributed by atoms with Crippen LogP contribution in [0.15, 0.2) is 18.2 Å². The van der Waals surface area contributed by atoms with Crippen molar-refractivity contribution < 1.29 is 31.9 Å². The molecule has 0 radical (unpaired) electrons. The number of nitro groups is 1. The van der Waals surface area contributed by atoms with Gasteiger partial charge in [-0.15, -0.1) is 3.89 Å². The molecule has 11 heteroatoms. The molecular weight excluding hydrogens is 335 g/mol. The van der Waals surface area contributed by atoms with Crippen LogP contribution in [0.5, 0.6) is 0 Å². The van der Waals surface area contributed by atoms with Gasteiger partial charge in [0, 0.05) is 24.9 Å². The van der Waals surface area contributed by atoms with Gasteiger partial charge in [0.25, 0.3) is 5.69 Å². The number of benzene rings is 1. The normalized spacial score (nSPS) is 18.2. The number of carboxylic acid groups (broad SMARTS) is 1. The van der Waals surface area contributed by atoms with Crippen LogP contribution in [-0.4, -0.2) is 42.6 Å². The Morgan fingerprint density at radius 1 is 1.48 bits per heavy atom. The minimum absolute atomic E-state index is 0.149. The summed E-state index contributed by atoms with van der Waals surface area (Å²) in [6.45, 7) is -0.199. The molecule has 0 saturated carbocycles. The van der Waals surface area contributed by atoms with Crippen LogP contribution < -0.4 is 4.90 Å². The van der Waals surface area contributed by atoms with Gasteiger partial charge in [-0.2, -0.15) is 8.42 Å². The van der Waals surface area contributed by atoms with Crippen LogP contribution in [0.2, 0.25) is 0 Å². The predicted octanol–water partition coefficient (Wildman–Crippen LogP) is 0.945. The number of aromatic carboxylic acids is 1. The summed E-state index contributed by atoms with van der Waals surface area (Å²) in [6.07, 6.45) is -0.263. The lowest BCUT2D eigenvalue weighted by molar-refractivity contribution is -0.384. The number of halogens is 1. The summed E-state index contributed by atoms with van der Waals surface area (Å²) in [4.78, 5) is 34.0. The van der Waals surface area contributed by atoms with Gasteiger partial charge >= 0.3 is 16.2 Å². The second kappa shape index (κ2) is 5.91. The highest BCUT2D eigenvalue weighted by Gasteiger charge is 2.36. The molecule has 1 N–H and O–H groups in total. The van der Waals surface area contributed by atoms with E-state index >= 15 is 0 Å². The summed E-state index contributed by atoms with van der Waals surface area (Å²) >= 11 is 0. The van der Waals surface area contributed by atoms with E-state index in [2.05, 4.69) is 0 Å². The van der Waals surface area contributed by atoms with E-state index in [9.17, 15) is 32.0 Å². The van der Waals surface area contributed by atoms with E-state index in [-0.39, 0.29) is 24.2 Å². The molecule has 1 heterocycles. The smallest absolute Gasteiger partial charge is 0.335 e. The third-order valence-corrected chi connectivity index (χ3v) is 4.22. The number of rotatable bonds is 5. The zero-order valence-corrected chi connectivity index (χ0v) is 12.3. The van der Waals surface area contributed by atoms with Gasteiger partial charge in [0.15, 0.2) is 0 Å². The van der Waals surface area contributed by atoms with Gasteiger partial charge in [0.2, 0.25) is 5.91 Å². The van der Waals surface area contributed by atoms with E-state index in [0.717, 1.165) is 23.1 Å². The Labute approximate surface area is 129 Å². The molecular formula is C12H11FN2O7S. The number of nitro benzene ring substituents is 1. The lowest BCUT2D eigenvalue weighted by Crippen LogP contribution is -2.26. The Morgan fingerprint density at radius 2 is 2.13 bits per heavy atom. The summed E-state index contributed by atoms with van der Waals surface area (Å²) in [5, 5.41) is 19.9. The lowest BCUT2D eigenvalue weighted by Gasteiger charge is -2.16. The molecule has 2 rings (SSSR count). The molecule has 1 aliphatic rings. The van der Waals surface area contributed by atoms with Crippen LogP contribution in [0, 0.1) is 16.0 Å². The first kappa shape index (κ1) is 16.8. The number of amides is 1. The first-order chi connectivity index (χ1) is 10.6. The van der Waals surface area contributed by atoms with Crippen molar-refractivity contribution in [1.82, 2.24) is 0 Å². The Bertz CT molecular complexity index is 793. The van der Waals surface area contributed by atoms with Gasteiger partial charge in [-0.1, -0.05) is 0 Å². The van der Waals surface area contributed by atoms with E-state index in [1.165, 1.54) is 0 Å². The summed E-state index contributed by atoms with van der Waals surface area (Å²) in [5.41, 5.74) is -1.07. The minimum atomic E-state index is -4.77.